The van der Waals surface area contributed by atoms with Crippen LogP contribution < -0.4 is 5.32 Å². The number of allylic oxidation sites excluding steroid dienone is 2. The first-order valence-electron chi connectivity index (χ1n) is 12.1. The SMILES string of the molecule is CCCCCCCCCCC=CCCCNc1ccc(CC(=O)OCC(O)CO)cc1. The van der Waals surface area contributed by atoms with Gasteiger partial charge in [-0.3, -0.25) is 4.79 Å². The molecule has 0 aliphatic rings. The molecule has 0 saturated carbocycles. The van der Waals surface area contributed by atoms with E-state index in [1.165, 1.54) is 57.8 Å². The van der Waals surface area contributed by atoms with Crippen molar-refractivity contribution in [1.29, 1.82) is 0 Å². The number of hydrogen-bond acceptors (Lipinski definition) is 5. The highest BCUT2D eigenvalue weighted by molar-refractivity contribution is 5.72. The zero-order valence-electron chi connectivity index (χ0n) is 19.4. The standard InChI is InChI=1S/C26H43NO4/c1-2-3-4-5-6-7-8-9-10-11-12-13-14-19-27-24-17-15-23(16-18-24)20-26(30)31-22-25(29)21-28/h11-12,15-18,25,27-29H,2-10,13-14,19-22H2,1H3. The van der Waals surface area contributed by atoms with Crippen molar-refractivity contribution in [2.45, 2.75) is 90.1 Å². The van der Waals surface area contributed by atoms with Crippen molar-refractivity contribution in [3.63, 3.8) is 0 Å². The molecule has 1 aromatic carbocycles. The fraction of sp³-hybridized carbons (Fsp3) is 0.654. The van der Waals surface area contributed by atoms with E-state index in [4.69, 9.17) is 9.84 Å². The minimum atomic E-state index is -1.02. The molecule has 0 radical (unpaired) electrons. The number of rotatable bonds is 19. The maximum absolute atomic E-state index is 11.7. The van der Waals surface area contributed by atoms with E-state index in [-0.39, 0.29) is 13.0 Å². The molecule has 0 aliphatic carbocycles. The number of hydrogen-bond donors (Lipinski definition) is 3. The zero-order chi connectivity index (χ0) is 22.6. The minimum Gasteiger partial charge on any atom is -0.463 e. The molecule has 176 valence electrons. The average Bonchev–Trinajstić information content (AvgIpc) is 2.78. The summed E-state index contributed by atoms with van der Waals surface area (Å²) in [7, 11) is 0. The van der Waals surface area contributed by atoms with Crippen LogP contribution in [0.1, 0.15) is 83.1 Å². The molecule has 0 amide bonds. The van der Waals surface area contributed by atoms with E-state index in [1.54, 1.807) is 0 Å². The van der Waals surface area contributed by atoms with E-state index < -0.39 is 18.7 Å². The van der Waals surface area contributed by atoms with E-state index in [0.717, 1.165) is 30.6 Å². The number of anilines is 1. The number of carbonyl (C=O) groups is 1. The Morgan fingerprint density at radius 2 is 1.58 bits per heavy atom. The van der Waals surface area contributed by atoms with Gasteiger partial charge in [-0.1, -0.05) is 76.2 Å². The molecule has 0 saturated heterocycles. The Kier molecular flexibility index (Phi) is 16.6. The van der Waals surface area contributed by atoms with Crippen LogP contribution in [0.15, 0.2) is 36.4 Å². The van der Waals surface area contributed by atoms with E-state index in [2.05, 4.69) is 24.4 Å². The smallest absolute Gasteiger partial charge is 0.310 e. The van der Waals surface area contributed by atoms with Gasteiger partial charge in [-0.15, -0.1) is 0 Å². The minimum absolute atomic E-state index is 0.155. The number of unbranched alkanes of at least 4 members (excludes halogenated alkanes) is 9. The highest BCUT2D eigenvalue weighted by atomic mass is 16.5. The highest BCUT2D eigenvalue weighted by Gasteiger charge is 2.08. The van der Waals surface area contributed by atoms with Gasteiger partial charge in [0.2, 0.25) is 0 Å². The normalized spacial score (nSPS) is 12.2. The summed E-state index contributed by atoms with van der Waals surface area (Å²) in [5.74, 6) is -0.410. The van der Waals surface area contributed by atoms with Gasteiger partial charge >= 0.3 is 5.97 Å². The van der Waals surface area contributed by atoms with E-state index >= 15 is 0 Å². The first kappa shape index (κ1) is 27.2. The maximum Gasteiger partial charge on any atom is 0.310 e. The Bertz CT molecular complexity index is 586. The van der Waals surface area contributed by atoms with Gasteiger partial charge in [0.05, 0.1) is 13.0 Å². The summed E-state index contributed by atoms with van der Waals surface area (Å²) in [6.07, 6.45) is 18.1. The summed E-state index contributed by atoms with van der Waals surface area (Å²) in [4.78, 5) is 11.7. The summed E-state index contributed by atoms with van der Waals surface area (Å²) >= 11 is 0. The molecular formula is C26H43NO4. The average molecular weight is 434 g/mol. The van der Waals surface area contributed by atoms with Gasteiger partial charge in [0.1, 0.15) is 12.7 Å². The van der Waals surface area contributed by atoms with Crippen molar-refractivity contribution in [2.24, 2.45) is 0 Å². The number of esters is 1. The third kappa shape index (κ3) is 15.6. The predicted molar refractivity (Wildman–Crippen MR) is 128 cm³/mol. The van der Waals surface area contributed by atoms with E-state index in [0.29, 0.717) is 0 Å². The summed E-state index contributed by atoms with van der Waals surface area (Å²) < 4.78 is 4.91. The second kappa shape index (κ2) is 18.9. The lowest BCUT2D eigenvalue weighted by Gasteiger charge is -2.09. The van der Waals surface area contributed by atoms with Gasteiger partial charge in [-0.25, -0.2) is 0 Å². The molecule has 1 unspecified atom stereocenters. The van der Waals surface area contributed by atoms with Crippen molar-refractivity contribution < 1.29 is 19.7 Å². The first-order valence-corrected chi connectivity index (χ1v) is 12.1. The number of aliphatic hydroxyl groups is 2. The molecule has 5 nitrogen and oxygen atoms in total. The fourth-order valence-electron chi connectivity index (χ4n) is 3.28. The van der Waals surface area contributed by atoms with Gasteiger partial charge in [0.15, 0.2) is 0 Å². The van der Waals surface area contributed by atoms with Crippen molar-refractivity contribution in [3.8, 4) is 0 Å². The van der Waals surface area contributed by atoms with Crippen LogP contribution in [-0.2, 0) is 16.0 Å². The van der Waals surface area contributed by atoms with Crippen LogP contribution in [0.25, 0.3) is 0 Å². The van der Waals surface area contributed by atoms with Crippen molar-refractivity contribution in [3.05, 3.63) is 42.0 Å². The highest BCUT2D eigenvalue weighted by Crippen LogP contribution is 2.12. The molecular weight excluding hydrogens is 390 g/mol. The Balaban J connectivity index is 2.02. The molecule has 0 aliphatic heterocycles. The second-order valence-electron chi connectivity index (χ2n) is 8.20. The number of benzene rings is 1. The number of carbonyl (C=O) groups excluding carboxylic acids is 1. The predicted octanol–water partition coefficient (Wildman–Crippen LogP) is 5.40. The maximum atomic E-state index is 11.7. The topological polar surface area (TPSA) is 78.8 Å². The van der Waals surface area contributed by atoms with Crippen molar-refractivity contribution >= 4 is 11.7 Å². The third-order valence-corrected chi connectivity index (χ3v) is 5.22. The van der Waals surface area contributed by atoms with Crippen molar-refractivity contribution in [1.82, 2.24) is 0 Å². The third-order valence-electron chi connectivity index (χ3n) is 5.22. The van der Waals surface area contributed by atoms with Gasteiger partial charge < -0.3 is 20.3 Å². The van der Waals surface area contributed by atoms with Crippen LogP contribution >= 0.6 is 0 Å². The van der Waals surface area contributed by atoms with Gasteiger partial charge in [-0.05, 0) is 43.4 Å². The fourth-order valence-corrected chi connectivity index (χ4v) is 3.28. The summed E-state index contributed by atoms with van der Waals surface area (Å²) in [6, 6.07) is 7.72. The summed E-state index contributed by atoms with van der Waals surface area (Å²) in [6.45, 7) is 2.59. The Labute approximate surface area is 188 Å². The molecule has 0 aromatic heterocycles. The monoisotopic (exact) mass is 433 g/mol. The number of ether oxygens (including phenoxy) is 1. The largest absolute Gasteiger partial charge is 0.463 e. The number of aliphatic hydroxyl groups excluding tert-OH is 2. The van der Waals surface area contributed by atoms with Gasteiger partial charge in [-0.2, -0.15) is 0 Å². The molecule has 1 atom stereocenters. The van der Waals surface area contributed by atoms with Crippen LogP contribution in [0.2, 0.25) is 0 Å². The molecule has 1 aromatic rings. The second-order valence-corrected chi connectivity index (χ2v) is 8.20. The molecule has 3 N–H and O–H groups in total. The molecule has 0 heterocycles. The van der Waals surface area contributed by atoms with Crippen LogP contribution in [0.5, 0.6) is 0 Å². The van der Waals surface area contributed by atoms with E-state index in [9.17, 15) is 9.90 Å². The summed E-state index contributed by atoms with van der Waals surface area (Å²) in [5.41, 5.74) is 1.90. The van der Waals surface area contributed by atoms with Crippen LogP contribution in [-0.4, -0.2) is 42.0 Å². The molecule has 0 bridgehead atoms. The van der Waals surface area contributed by atoms with Gasteiger partial charge in [0, 0.05) is 12.2 Å². The molecule has 1 rings (SSSR count). The molecule has 31 heavy (non-hydrogen) atoms. The first-order chi connectivity index (χ1) is 15.2. The number of nitrogens with one attached hydrogen (secondary N) is 1. The lowest BCUT2D eigenvalue weighted by atomic mass is 10.1. The molecule has 0 fully saturated rings. The summed E-state index contributed by atoms with van der Waals surface area (Å²) in [5, 5.41) is 21.3. The molecule has 0 spiro atoms. The van der Waals surface area contributed by atoms with Crippen LogP contribution in [0, 0.1) is 0 Å². The lowest BCUT2D eigenvalue weighted by Crippen LogP contribution is -2.22. The Hall–Kier alpha value is -1.85. The van der Waals surface area contributed by atoms with Crippen LogP contribution in [0.3, 0.4) is 0 Å². The van der Waals surface area contributed by atoms with E-state index in [1.807, 2.05) is 24.3 Å². The zero-order valence-corrected chi connectivity index (χ0v) is 19.4. The van der Waals surface area contributed by atoms with Gasteiger partial charge in [0.25, 0.3) is 0 Å². The quantitative estimate of drug-likeness (QED) is 0.155. The van der Waals surface area contributed by atoms with Crippen LogP contribution in [0.4, 0.5) is 5.69 Å². The Morgan fingerprint density at radius 3 is 2.23 bits per heavy atom. The molecule has 5 heteroatoms. The lowest BCUT2D eigenvalue weighted by molar-refractivity contribution is -0.146. The van der Waals surface area contributed by atoms with Crippen molar-refractivity contribution in [2.75, 3.05) is 25.1 Å². The Morgan fingerprint density at radius 1 is 0.968 bits per heavy atom.